The summed E-state index contributed by atoms with van der Waals surface area (Å²) in [5.41, 5.74) is 2.70. The minimum Gasteiger partial charge on any atom is -0.337 e. The van der Waals surface area contributed by atoms with Crippen LogP contribution in [0.4, 0.5) is 0 Å². The summed E-state index contributed by atoms with van der Waals surface area (Å²) in [5, 5.41) is 3.41. The quantitative estimate of drug-likeness (QED) is 0.909. The van der Waals surface area contributed by atoms with E-state index in [4.69, 9.17) is 0 Å². The molecular weight excluding hydrogens is 262 g/mol. The number of nitrogens with zero attached hydrogens (tertiary/aromatic N) is 2. The van der Waals surface area contributed by atoms with Crippen molar-refractivity contribution in [3.8, 4) is 0 Å². The van der Waals surface area contributed by atoms with E-state index >= 15 is 0 Å². The van der Waals surface area contributed by atoms with Crippen LogP contribution in [0.1, 0.15) is 24.0 Å². The van der Waals surface area contributed by atoms with Gasteiger partial charge in [0.15, 0.2) is 0 Å². The van der Waals surface area contributed by atoms with E-state index < -0.39 is 0 Å². The molecule has 4 nitrogen and oxygen atoms in total. The number of fused-ring (bicyclic) bond motifs is 1. The van der Waals surface area contributed by atoms with Gasteiger partial charge in [0, 0.05) is 25.7 Å². The molecular formula is C17H25N3O. The van der Waals surface area contributed by atoms with Gasteiger partial charge in [-0.05, 0) is 44.0 Å². The Balaban J connectivity index is 1.56. The Bertz CT molecular complexity index is 497. The highest BCUT2D eigenvalue weighted by Gasteiger charge is 2.24. The van der Waals surface area contributed by atoms with Gasteiger partial charge in [0.2, 0.25) is 5.91 Å². The number of benzene rings is 1. The minimum absolute atomic E-state index is 0.262. The lowest BCUT2D eigenvalue weighted by molar-refractivity contribution is -0.133. The van der Waals surface area contributed by atoms with Crippen molar-refractivity contribution in [2.24, 2.45) is 0 Å². The van der Waals surface area contributed by atoms with Crippen molar-refractivity contribution in [1.29, 1.82) is 0 Å². The lowest BCUT2D eigenvalue weighted by Gasteiger charge is -2.34. The van der Waals surface area contributed by atoms with E-state index in [0.717, 1.165) is 32.6 Å². The van der Waals surface area contributed by atoms with Crippen LogP contribution in [0.3, 0.4) is 0 Å². The Morgan fingerprint density at radius 1 is 1.38 bits per heavy atom. The summed E-state index contributed by atoms with van der Waals surface area (Å²) in [6.07, 6.45) is 3.39. The molecule has 1 amide bonds. The Morgan fingerprint density at radius 3 is 2.95 bits per heavy atom. The Morgan fingerprint density at radius 2 is 2.19 bits per heavy atom. The summed E-state index contributed by atoms with van der Waals surface area (Å²) in [7, 11) is 2.08. The first kappa shape index (κ1) is 14.5. The molecule has 1 aromatic rings. The van der Waals surface area contributed by atoms with Crippen LogP contribution >= 0.6 is 0 Å². The van der Waals surface area contributed by atoms with Crippen molar-refractivity contribution in [3.63, 3.8) is 0 Å². The van der Waals surface area contributed by atoms with E-state index in [1.54, 1.807) is 0 Å². The van der Waals surface area contributed by atoms with Crippen molar-refractivity contribution in [3.05, 3.63) is 35.4 Å². The second-order valence-electron chi connectivity index (χ2n) is 6.25. The molecule has 114 valence electrons. The molecule has 1 atom stereocenters. The topological polar surface area (TPSA) is 35.6 Å². The Kier molecular flexibility index (Phi) is 4.56. The van der Waals surface area contributed by atoms with Crippen LogP contribution in [0.5, 0.6) is 0 Å². The number of amides is 1. The molecule has 1 aromatic carbocycles. The standard InChI is InChI=1S/C17H25N3O/c1-19(16-7-4-9-18-11-16)13-17(21)20-10-8-14-5-2-3-6-15(14)12-20/h2-3,5-6,16,18H,4,7-13H2,1H3. The average molecular weight is 287 g/mol. The highest BCUT2D eigenvalue weighted by molar-refractivity contribution is 5.78. The van der Waals surface area contributed by atoms with Gasteiger partial charge in [0.05, 0.1) is 6.54 Å². The molecule has 2 aliphatic heterocycles. The normalized spacial score (nSPS) is 22.2. The molecule has 2 aliphatic rings. The third-order valence-electron chi connectivity index (χ3n) is 4.76. The van der Waals surface area contributed by atoms with E-state index in [1.165, 1.54) is 24.0 Å². The zero-order chi connectivity index (χ0) is 14.7. The zero-order valence-electron chi connectivity index (χ0n) is 12.8. The predicted octanol–water partition coefficient (Wildman–Crippen LogP) is 1.26. The molecule has 0 bridgehead atoms. The first-order valence-corrected chi connectivity index (χ1v) is 7.99. The average Bonchev–Trinajstić information content (AvgIpc) is 2.55. The largest absolute Gasteiger partial charge is 0.337 e. The molecule has 1 unspecified atom stereocenters. The number of piperidine rings is 1. The first-order valence-electron chi connectivity index (χ1n) is 7.99. The lowest BCUT2D eigenvalue weighted by Crippen LogP contribution is -2.49. The molecule has 4 heteroatoms. The Labute approximate surface area is 127 Å². The highest BCUT2D eigenvalue weighted by Crippen LogP contribution is 2.19. The van der Waals surface area contributed by atoms with Gasteiger partial charge in [0.1, 0.15) is 0 Å². The fourth-order valence-corrected chi connectivity index (χ4v) is 3.36. The second-order valence-corrected chi connectivity index (χ2v) is 6.25. The van der Waals surface area contributed by atoms with Crippen molar-refractivity contribution >= 4 is 5.91 Å². The third kappa shape index (κ3) is 3.44. The molecule has 0 aliphatic carbocycles. The molecule has 1 fully saturated rings. The molecule has 0 radical (unpaired) electrons. The van der Waals surface area contributed by atoms with E-state index in [0.29, 0.717) is 12.6 Å². The van der Waals surface area contributed by atoms with E-state index in [9.17, 15) is 4.79 Å². The van der Waals surface area contributed by atoms with Crippen molar-refractivity contribution in [2.45, 2.75) is 31.8 Å². The zero-order valence-corrected chi connectivity index (χ0v) is 12.8. The summed E-state index contributed by atoms with van der Waals surface area (Å²) in [6, 6.07) is 8.97. The van der Waals surface area contributed by atoms with Crippen molar-refractivity contribution in [1.82, 2.24) is 15.1 Å². The maximum atomic E-state index is 12.5. The van der Waals surface area contributed by atoms with Gasteiger partial charge in [-0.2, -0.15) is 0 Å². The highest BCUT2D eigenvalue weighted by atomic mass is 16.2. The number of nitrogens with one attached hydrogen (secondary N) is 1. The maximum absolute atomic E-state index is 12.5. The molecule has 0 saturated carbocycles. The summed E-state index contributed by atoms with van der Waals surface area (Å²) in [4.78, 5) is 16.8. The number of carbonyl (C=O) groups excluding carboxylic acids is 1. The number of rotatable bonds is 3. The van der Waals surface area contributed by atoms with E-state index in [2.05, 4.69) is 41.5 Å². The summed E-state index contributed by atoms with van der Waals surface area (Å²) in [6.45, 7) is 4.28. The van der Waals surface area contributed by atoms with Gasteiger partial charge in [-0.25, -0.2) is 0 Å². The number of hydrogen-bond acceptors (Lipinski definition) is 3. The van der Waals surface area contributed by atoms with Crippen LogP contribution in [0.2, 0.25) is 0 Å². The van der Waals surface area contributed by atoms with Crippen LogP contribution in [0.15, 0.2) is 24.3 Å². The van der Waals surface area contributed by atoms with Crippen molar-refractivity contribution < 1.29 is 4.79 Å². The summed E-state index contributed by atoms with van der Waals surface area (Å²) < 4.78 is 0. The monoisotopic (exact) mass is 287 g/mol. The van der Waals surface area contributed by atoms with Crippen LogP contribution in [0, 0.1) is 0 Å². The van der Waals surface area contributed by atoms with Gasteiger partial charge in [-0.1, -0.05) is 24.3 Å². The molecule has 0 spiro atoms. The van der Waals surface area contributed by atoms with Gasteiger partial charge in [0.25, 0.3) is 0 Å². The Hall–Kier alpha value is -1.39. The lowest BCUT2D eigenvalue weighted by atomic mass is 10.00. The number of likely N-dealkylation sites (N-methyl/N-ethyl adjacent to an activating group) is 1. The van der Waals surface area contributed by atoms with Crippen LogP contribution in [-0.4, -0.2) is 55.0 Å². The molecule has 2 heterocycles. The fourth-order valence-electron chi connectivity index (χ4n) is 3.36. The number of hydrogen-bond donors (Lipinski definition) is 1. The SMILES string of the molecule is CN(CC(=O)N1CCc2ccccc2C1)C1CCCNC1. The van der Waals surface area contributed by atoms with Crippen LogP contribution < -0.4 is 5.32 Å². The summed E-state index contributed by atoms with van der Waals surface area (Å²) >= 11 is 0. The molecule has 0 aromatic heterocycles. The molecule has 1 N–H and O–H groups in total. The van der Waals surface area contributed by atoms with Gasteiger partial charge in [-0.15, -0.1) is 0 Å². The smallest absolute Gasteiger partial charge is 0.237 e. The summed E-state index contributed by atoms with van der Waals surface area (Å²) in [5.74, 6) is 0.262. The van der Waals surface area contributed by atoms with Gasteiger partial charge in [-0.3, -0.25) is 9.69 Å². The van der Waals surface area contributed by atoms with Crippen LogP contribution in [0.25, 0.3) is 0 Å². The van der Waals surface area contributed by atoms with E-state index in [1.807, 2.05) is 4.90 Å². The second kappa shape index (κ2) is 6.58. The molecule has 3 rings (SSSR count). The van der Waals surface area contributed by atoms with Crippen LogP contribution in [-0.2, 0) is 17.8 Å². The maximum Gasteiger partial charge on any atom is 0.237 e. The van der Waals surface area contributed by atoms with Gasteiger partial charge < -0.3 is 10.2 Å². The predicted molar refractivity (Wildman–Crippen MR) is 84.1 cm³/mol. The first-order chi connectivity index (χ1) is 10.2. The van der Waals surface area contributed by atoms with E-state index in [-0.39, 0.29) is 5.91 Å². The molecule has 21 heavy (non-hydrogen) atoms. The molecule has 1 saturated heterocycles. The van der Waals surface area contributed by atoms with Gasteiger partial charge >= 0.3 is 0 Å². The third-order valence-corrected chi connectivity index (χ3v) is 4.76. The number of carbonyl (C=O) groups is 1. The fraction of sp³-hybridized carbons (Fsp3) is 0.588. The minimum atomic E-state index is 0.262. The van der Waals surface area contributed by atoms with Crippen molar-refractivity contribution in [2.75, 3.05) is 33.2 Å².